The summed E-state index contributed by atoms with van der Waals surface area (Å²) in [5.74, 6) is 0.256. The molecule has 0 aromatic carbocycles. The standard InChI is InChI=1S/C11H15N5O3S/c1-5-7(17)8(18)11(19-5,20-2)16-4-15-6-9(12)13-3-14-10(6)16/h3-5,7-8,17-18H,1-2H3,(H2,12,13,14)/t5-,7-,8-,11+/m1/s1. The Labute approximate surface area is 119 Å². The molecular weight excluding hydrogens is 282 g/mol. The van der Waals surface area contributed by atoms with Crippen LogP contribution in [0.2, 0.25) is 0 Å². The van der Waals surface area contributed by atoms with Gasteiger partial charge in [-0.25, -0.2) is 15.0 Å². The number of nitrogens with two attached hydrogens (primary N) is 1. The zero-order chi connectivity index (χ0) is 14.5. The second-order valence-electron chi connectivity index (χ2n) is 4.64. The van der Waals surface area contributed by atoms with Crippen molar-refractivity contribution in [3.05, 3.63) is 12.7 Å². The number of aromatic nitrogens is 4. The van der Waals surface area contributed by atoms with Crippen LogP contribution in [0.5, 0.6) is 0 Å². The van der Waals surface area contributed by atoms with Crippen molar-refractivity contribution in [3.8, 4) is 0 Å². The molecule has 2 aromatic heterocycles. The predicted octanol–water partition coefficient (Wildman–Crippen LogP) is -0.478. The van der Waals surface area contributed by atoms with Gasteiger partial charge in [0, 0.05) is 0 Å². The monoisotopic (exact) mass is 297 g/mol. The highest BCUT2D eigenvalue weighted by Gasteiger charge is 2.54. The van der Waals surface area contributed by atoms with Crippen LogP contribution in [-0.2, 0) is 9.79 Å². The van der Waals surface area contributed by atoms with Gasteiger partial charge in [-0.15, -0.1) is 11.8 Å². The summed E-state index contributed by atoms with van der Waals surface area (Å²) < 4.78 is 7.39. The van der Waals surface area contributed by atoms with Crippen molar-refractivity contribution in [2.45, 2.75) is 30.3 Å². The number of anilines is 1. The van der Waals surface area contributed by atoms with Gasteiger partial charge in [0.2, 0.25) is 5.06 Å². The Bertz CT molecular complexity index is 650. The summed E-state index contributed by atoms with van der Waals surface area (Å²) in [5, 5.41) is 19.2. The molecule has 20 heavy (non-hydrogen) atoms. The molecule has 0 spiro atoms. The lowest BCUT2D eigenvalue weighted by molar-refractivity contribution is -0.0614. The number of nitrogens with zero attached hydrogens (tertiary/aromatic N) is 4. The molecule has 0 saturated carbocycles. The maximum absolute atomic E-state index is 10.4. The van der Waals surface area contributed by atoms with Crippen molar-refractivity contribution in [1.82, 2.24) is 19.5 Å². The molecule has 1 saturated heterocycles. The van der Waals surface area contributed by atoms with E-state index in [1.54, 1.807) is 17.7 Å². The van der Waals surface area contributed by atoms with Crippen LogP contribution in [0.4, 0.5) is 5.82 Å². The normalized spacial score (nSPS) is 33.9. The Balaban J connectivity index is 2.20. The van der Waals surface area contributed by atoms with Gasteiger partial charge in [-0.3, -0.25) is 4.57 Å². The van der Waals surface area contributed by atoms with Gasteiger partial charge in [-0.05, 0) is 13.2 Å². The molecule has 4 atom stereocenters. The van der Waals surface area contributed by atoms with Crippen LogP contribution < -0.4 is 5.73 Å². The number of aliphatic hydroxyl groups excluding tert-OH is 2. The van der Waals surface area contributed by atoms with E-state index in [-0.39, 0.29) is 5.82 Å². The number of nitrogen functional groups attached to an aromatic ring is 1. The van der Waals surface area contributed by atoms with Crippen molar-refractivity contribution in [2.24, 2.45) is 0 Å². The number of hydrogen-bond donors (Lipinski definition) is 3. The van der Waals surface area contributed by atoms with E-state index in [0.717, 1.165) is 0 Å². The number of aliphatic hydroxyl groups is 2. The second-order valence-corrected chi connectivity index (χ2v) is 5.63. The minimum absolute atomic E-state index is 0.256. The summed E-state index contributed by atoms with van der Waals surface area (Å²) in [7, 11) is 0. The first kappa shape index (κ1) is 13.6. The Morgan fingerprint density at radius 1 is 1.40 bits per heavy atom. The van der Waals surface area contributed by atoms with Crippen molar-refractivity contribution in [1.29, 1.82) is 0 Å². The summed E-state index contributed by atoms with van der Waals surface area (Å²) in [6, 6.07) is 0. The lowest BCUT2D eigenvalue weighted by Gasteiger charge is -2.31. The topological polar surface area (TPSA) is 119 Å². The number of ether oxygens (including phenoxy) is 1. The van der Waals surface area contributed by atoms with Crippen LogP contribution in [0.3, 0.4) is 0 Å². The predicted molar refractivity (Wildman–Crippen MR) is 73.8 cm³/mol. The molecule has 3 rings (SSSR count). The molecule has 3 heterocycles. The molecule has 0 bridgehead atoms. The Morgan fingerprint density at radius 3 is 2.75 bits per heavy atom. The van der Waals surface area contributed by atoms with E-state index in [1.165, 1.54) is 24.4 Å². The fourth-order valence-electron chi connectivity index (χ4n) is 2.43. The molecule has 9 heteroatoms. The van der Waals surface area contributed by atoms with E-state index in [0.29, 0.717) is 11.2 Å². The van der Waals surface area contributed by atoms with Crippen LogP contribution in [0, 0.1) is 0 Å². The van der Waals surface area contributed by atoms with Crippen LogP contribution in [-0.4, -0.2) is 54.3 Å². The van der Waals surface area contributed by atoms with Crippen LogP contribution >= 0.6 is 11.8 Å². The highest BCUT2D eigenvalue weighted by Crippen LogP contribution is 2.44. The van der Waals surface area contributed by atoms with E-state index in [2.05, 4.69) is 15.0 Å². The van der Waals surface area contributed by atoms with Gasteiger partial charge in [0.05, 0.1) is 6.10 Å². The Kier molecular flexibility index (Phi) is 3.09. The number of imidazole rings is 1. The molecule has 2 aromatic rings. The first-order valence-corrected chi connectivity index (χ1v) is 7.27. The fraction of sp³-hybridized carbons (Fsp3) is 0.545. The average Bonchev–Trinajstić information content (AvgIpc) is 2.96. The quantitative estimate of drug-likeness (QED) is 0.680. The Hall–Kier alpha value is -1.42. The summed E-state index contributed by atoms with van der Waals surface area (Å²) in [5.41, 5.74) is 6.64. The van der Waals surface area contributed by atoms with Crippen molar-refractivity contribution in [3.63, 3.8) is 0 Å². The van der Waals surface area contributed by atoms with Crippen molar-refractivity contribution in [2.75, 3.05) is 12.0 Å². The molecule has 1 aliphatic heterocycles. The number of rotatable bonds is 2. The van der Waals surface area contributed by atoms with Gasteiger partial charge in [0.15, 0.2) is 11.5 Å². The number of thioether (sulfide) groups is 1. The zero-order valence-electron chi connectivity index (χ0n) is 11.0. The molecule has 8 nitrogen and oxygen atoms in total. The van der Waals surface area contributed by atoms with Crippen LogP contribution in [0.1, 0.15) is 6.92 Å². The largest absolute Gasteiger partial charge is 0.387 e. The maximum atomic E-state index is 10.4. The summed E-state index contributed by atoms with van der Waals surface area (Å²) in [4.78, 5) is 12.2. The van der Waals surface area contributed by atoms with E-state index in [9.17, 15) is 10.2 Å². The minimum Gasteiger partial charge on any atom is -0.387 e. The number of fused-ring (bicyclic) bond motifs is 1. The SMILES string of the molecule is CS[C@@]1(n2cnc3c(N)ncnc32)O[C@H](C)[C@@H](O)[C@H]1O. The first-order valence-electron chi connectivity index (χ1n) is 6.04. The van der Waals surface area contributed by atoms with E-state index < -0.39 is 23.4 Å². The van der Waals surface area contributed by atoms with Gasteiger partial charge in [0.1, 0.15) is 30.4 Å². The van der Waals surface area contributed by atoms with Crippen LogP contribution in [0.25, 0.3) is 11.2 Å². The summed E-state index contributed by atoms with van der Waals surface area (Å²) in [6.07, 6.45) is 1.99. The smallest absolute Gasteiger partial charge is 0.225 e. The summed E-state index contributed by atoms with van der Waals surface area (Å²) >= 11 is 1.26. The molecular formula is C11H15N5O3S. The number of hydrogen-bond acceptors (Lipinski definition) is 8. The third-order valence-electron chi connectivity index (χ3n) is 3.52. The fourth-order valence-corrected chi connectivity index (χ4v) is 3.38. The van der Waals surface area contributed by atoms with E-state index in [1.807, 2.05) is 0 Å². The molecule has 0 amide bonds. The Morgan fingerprint density at radius 2 is 2.15 bits per heavy atom. The molecule has 1 aliphatic rings. The van der Waals surface area contributed by atoms with Gasteiger partial charge < -0.3 is 20.7 Å². The van der Waals surface area contributed by atoms with Gasteiger partial charge in [-0.2, -0.15) is 0 Å². The molecule has 0 unspecified atom stereocenters. The lowest BCUT2D eigenvalue weighted by atomic mass is 10.1. The summed E-state index contributed by atoms with van der Waals surface area (Å²) in [6.45, 7) is 1.70. The lowest BCUT2D eigenvalue weighted by Crippen LogP contribution is -2.42. The highest BCUT2D eigenvalue weighted by molar-refractivity contribution is 7.99. The zero-order valence-corrected chi connectivity index (χ0v) is 11.8. The molecule has 1 fully saturated rings. The van der Waals surface area contributed by atoms with E-state index >= 15 is 0 Å². The van der Waals surface area contributed by atoms with Gasteiger partial charge >= 0.3 is 0 Å². The third-order valence-corrected chi connectivity index (χ3v) is 4.64. The van der Waals surface area contributed by atoms with Crippen molar-refractivity contribution < 1.29 is 14.9 Å². The van der Waals surface area contributed by atoms with E-state index in [4.69, 9.17) is 10.5 Å². The molecule has 0 aliphatic carbocycles. The average molecular weight is 297 g/mol. The third kappa shape index (κ3) is 1.64. The maximum Gasteiger partial charge on any atom is 0.225 e. The van der Waals surface area contributed by atoms with Gasteiger partial charge in [0.25, 0.3) is 0 Å². The second kappa shape index (κ2) is 4.55. The molecule has 0 radical (unpaired) electrons. The minimum atomic E-state index is -1.19. The highest BCUT2D eigenvalue weighted by atomic mass is 32.2. The van der Waals surface area contributed by atoms with Gasteiger partial charge in [-0.1, -0.05) is 0 Å². The first-order chi connectivity index (χ1) is 9.51. The van der Waals surface area contributed by atoms with Crippen LogP contribution in [0.15, 0.2) is 12.7 Å². The van der Waals surface area contributed by atoms with Crippen molar-refractivity contribution >= 4 is 28.7 Å². The molecule has 108 valence electrons. The molecule has 4 N–H and O–H groups in total.